The van der Waals surface area contributed by atoms with Crippen molar-refractivity contribution >= 4 is 0 Å². The third kappa shape index (κ3) is 7.97. The van der Waals surface area contributed by atoms with E-state index in [0.717, 1.165) is 0 Å². The molecule has 0 aliphatic heterocycles. The van der Waals surface area contributed by atoms with Crippen molar-refractivity contribution in [1.82, 2.24) is 0 Å². The van der Waals surface area contributed by atoms with Gasteiger partial charge in [0.2, 0.25) is 0 Å². The Labute approximate surface area is 108 Å². The molecule has 0 aliphatic rings. The number of ether oxygens (including phenoxy) is 3. The van der Waals surface area contributed by atoms with E-state index in [4.69, 9.17) is 29.5 Å². The van der Waals surface area contributed by atoms with Crippen LogP contribution in [0.4, 0.5) is 0 Å². The molecule has 0 bridgehead atoms. The second-order valence-corrected chi connectivity index (χ2v) is 4.58. The van der Waals surface area contributed by atoms with Gasteiger partial charge in [-0.3, -0.25) is 0 Å². The van der Waals surface area contributed by atoms with Crippen LogP contribution in [0.2, 0.25) is 0 Å². The Hall–Kier alpha value is -0.240. The van der Waals surface area contributed by atoms with Gasteiger partial charge >= 0.3 is 0 Å². The van der Waals surface area contributed by atoms with Crippen LogP contribution in [-0.2, 0) is 14.2 Å². The lowest BCUT2D eigenvalue weighted by atomic mass is 9.88. The molecule has 0 heterocycles. The zero-order valence-corrected chi connectivity index (χ0v) is 11.6. The van der Waals surface area contributed by atoms with Crippen LogP contribution in [0.1, 0.15) is 34.1 Å². The average molecular weight is 266 g/mol. The van der Waals surface area contributed by atoms with Gasteiger partial charge in [0, 0.05) is 5.41 Å². The molecule has 0 fully saturated rings. The predicted molar refractivity (Wildman–Crippen MR) is 65.6 cm³/mol. The van der Waals surface area contributed by atoms with E-state index >= 15 is 0 Å². The maximum atomic E-state index is 9.16. The molecule has 3 unspecified atom stereocenters. The predicted octanol–water partition coefficient (Wildman–Crippen LogP) is 0.448. The van der Waals surface area contributed by atoms with Crippen molar-refractivity contribution in [3.63, 3.8) is 0 Å². The van der Waals surface area contributed by atoms with E-state index < -0.39 is 24.3 Å². The van der Waals surface area contributed by atoms with Gasteiger partial charge in [0.25, 0.3) is 0 Å². The van der Waals surface area contributed by atoms with Gasteiger partial charge in [-0.1, -0.05) is 6.92 Å². The summed E-state index contributed by atoms with van der Waals surface area (Å²) in [6.07, 6.45) is -1.98. The molecule has 0 aromatic heterocycles. The molecule has 6 heteroatoms. The van der Waals surface area contributed by atoms with Gasteiger partial charge in [0.15, 0.2) is 18.9 Å². The zero-order valence-electron chi connectivity index (χ0n) is 11.6. The van der Waals surface area contributed by atoms with Crippen LogP contribution in [0.15, 0.2) is 0 Å². The fraction of sp³-hybridized carbons (Fsp3) is 1.00. The van der Waals surface area contributed by atoms with Gasteiger partial charge in [0.05, 0.1) is 19.8 Å². The molecule has 0 spiro atoms. The molecule has 0 aromatic rings. The van der Waals surface area contributed by atoms with Gasteiger partial charge < -0.3 is 29.5 Å². The summed E-state index contributed by atoms with van der Waals surface area (Å²) in [5.41, 5.74) is -0.509. The third-order valence-electron chi connectivity index (χ3n) is 2.64. The first kappa shape index (κ1) is 17.8. The molecule has 0 radical (unpaired) electrons. The van der Waals surface area contributed by atoms with E-state index in [-0.39, 0.29) is 19.8 Å². The zero-order chi connectivity index (χ0) is 14.2. The highest BCUT2D eigenvalue weighted by atomic mass is 16.6. The van der Waals surface area contributed by atoms with Gasteiger partial charge in [-0.05, 0) is 27.2 Å². The third-order valence-corrected chi connectivity index (χ3v) is 2.64. The van der Waals surface area contributed by atoms with E-state index in [9.17, 15) is 0 Å². The van der Waals surface area contributed by atoms with Crippen molar-refractivity contribution < 1.29 is 29.5 Å². The number of hydrogen-bond acceptors (Lipinski definition) is 6. The molecule has 0 saturated carbocycles. The number of aliphatic hydroxyl groups is 3. The van der Waals surface area contributed by atoms with Crippen molar-refractivity contribution in [3.8, 4) is 0 Å². The van der Waals surface area contributed by atoms with Crippen molar-refractivity contribution in [1.29, 1.82) is 0 Å². The minimum atomic E-state index is -0.881. The first-order valence-electron chi connectivity index (χ1n) is 6.20. The minimum Gasteiger partial charge on any atom is -0.368 e. The van der Waals surface area contributed by atoms with Gasteiger partial charge in [-0.15, -0.1) is 0 Å². The van der Waals surface area contributed by atoms with Crippen molar-refractivity contribution in [2.24, 2.45) is 5.41 Å². The molecular formula is C12H26O6. The summed E-state index contributed by atoms with van der Waals surface area (Å²) in [7, 11) is 0. The highest BCUT2D eigenvalue weighted by molar-refractivity contribution is 4.78. The van der Waals surface area contributed by atoms with Crippen LogP contribution in [0, 0.1) is 5.41 Å². The smallest absolute Gasteiger partial charge is 0.151 e. The van der Waals surface area contributed by atoms with Crippen LogP contribution in [-0.4, -0.2) is 54.0 Å². The van der Waals surface area contributed by atoms with E-state index in [2.05, 4.69) is 0 Å². The Morgan fingerprint density at radius 1 is 0.778 bits per heavy atom. The quantitative estimate of drug-likeness (QED) is 0.497. The van der Waals surface area contributed by atoms with E-state index in [1.807, 2.05) is 6.92 Å². The molecular weight excluding hydrogens is 240 g/mol. The van der Waals surface area contributed by atoms with Crippen LogP contribution in [0.3, 0.4) is 0 Å². The lowest BCUT2D eigenvalue weighted by Gasteiger charge is -2.33. The van der Waals surface area contributed by atoms with Gasteiger partial charge in [-0.25, -0.2) is 0 Å². The Kier molecular flexibility index (Phi) is 8.67. The highest BCUT2D eigenvalue weighted by Crippen LogP contribution is 2.25. The minimum absolute atomic E-state index is 0.223. The summed E-state index contributed by atoms with van der Waals surface area (Å²) >= 11 is 0. The van der Waals surface area contributed by atoms with E-state index in [0.29, 0.717) is 6.42 Å². The SMILES string of the molecule is CCC(COC(C)O)(COC(C)O)COC(C)O. The lowest BCUT2D eigenvalue weighted by Crippen LogP contribution is -2.39. The maximum Gasteiger partial charge on any atom is 0.151 e. The molecule has 6 nitrogen and oxygen atoms in total. The van der Waals surface area contributed by atoms with E-state index in [1.165, 1.54) is 20.8 Å². The molecule has 3 N–H and O–H groups in total. The van der Waals surface area contributed by atoms with E-state index in [1.54, 1.807) is 0 Å². The molecule has 0 rings (SSSR count). The summed E-state index contributed by atoms with van der Waals surface area (Å²) in [6.45, 7) is 7.16. The maximum absolute atomic E-state index is 9.16. The normalized spacial score (nSPS) is 20.2. The molecule has 110 valence electrons. The summed E-state index contributed by atoms with van der Waals surface area (Å²) in [5, 5.41) is 27.5. The second kappa shape index (κ2) is 8.79. The van der Waals surface area contributed by atoms with Crippen LogP contribution >= 0.6 is 0 Å². The van der Waals surface area contributed by atoms with Crippen molar-refractivity contribution in [2.75, 3.05) is 19.8 Å². The standard InChI is InChI=1S/C12H26O6/c1-5-12(6-16-9(2)13,7-17-10(3)14)8-18-11(4)15/h9-11,13-15H,5-8H2,1-4H3. The fourth-order valence-electron chi connectivity index (χ4n) is 1.32. The number of hydrogen-bond donors (Lipinski definition) is 3. The highest BCUT2D eigenvalue weighted by Gasteiger charge is 2.31. The molecule has 0 saturated heterocycles. The Balaban J connectivity index is 4.49. The largest absolute Gasteiger partial charge is 0.368 e. The average Bonchev–Trinajstić information content (AvgIpc) is 2.28. The van der Waals surface area contributed by atoms with Gasteiger partial charge in [-0.2, -0.15) is 0 Å². The van der Waals surface area contributed by atoms with Crippen molar-refractivity contribution in [2.45, 2.75) is 53.0 Å². The van der Waals surface area contributed by atoms with Crippen LogP contribution < -0.4 is 0 Å². The summed E-state index contributed by atoms with van der Waals surface area (Å²) < 4.78 is 15.6. The Bertz CT molecular complexity index is 173. The Morgan fingerprint density at radius 3 is 1.22 bits per heavy atom. The van der Waals surface area contributed by atoms with Gasteiger partial charge in [0.1, 0.15) is 0 Å². The summed E-state index contributed by atoms with van der Waals surface area (Å²) in [6, 6.07) is 0. The Morgan fingerprint density at radius 2 is 1.06 bits per heavy atom. The topological polar surface area (TPSA) is 88.4 Å². The monoisotopic (exact) mass is 266 g/mol. The molecule has 3 atom stereocenters. The van der Waals surface area contributed by atoms with Crippen LogP contribution in [0.5, 0.6) is 0 Å². The number of aliphatic hydroxyl groups excluding tert-OH is 3. The summed E-state index contributed by atoms with van der Waals surface area (Å²) in [5.74, 6) is 0. The van der Waals surface area contributed by atoms with Crippen LogP contribution in [0.25, 0.3) is 0 Å². The second-order valence-electron chi connectivity index (χ2n) is 4.58. The molecule has 0 amide bonds. The molecule has 0 aliphatic carbocycles. The fourth-order valence-corrected chi connectivity index (χ4v) is 1.32. The summed E-state index contributed by atoms with van der Waals surface area (Å²) in [4.78, 5) is 0. The number of rotatable bonds is 10. The van der Waals surface area contributed by atoms with Crippen molar-refractivity contribution in [3.05, 3.63) is 0 Å². The first-order valence-corrected chi connectivity index (χ1v) is 6.20. The molecule has 18 heavy (non-hydrogen) atoms. The molecule has 0 aromatic carbocycles. The first-order chi connectivity index (χ1) is 8.31. The lowest BCUT2D eigenvalue weighted by molar-refractivity contribution is -0.188.